The maximum atomic E-state index is 13.3. The molecule has 8 nitrogen and oxygen atoms in total. The Hall–Kier alpha value is -4.59. The summed E-state index contributed by atoms with van der Waals surface area (Å²) in [6.45, 7) is 5.47. The summed E-state index contributed by atoms with van der Waals surface area (Å²) in [6.07, 6.45) is 2.11. The molecule has 8 heteroatoms. The summed E-state index contributed by atoms with van der Waals surface area (Å²) in [5.74, 6) is -0.231. The van der Waals surface area contributed by atoms with Crippen LogP contribution in [0.2, 0.25) is 0 Å². The minimum absolute atomic E-state index is 0.211. The monoisotopic (exact) mass is 491 g/mol. The highest BCUT2D eigenvalue weighted by Gasteiger charge is 2.38. The third kappa shape index (κ3) is 3.91. The van der Waals surface area contributed by atoms with Crippen LogP contribution in [0.1, 0.15) is 55.0 Å². The maximum absolute atomic E-state index is 13.3. The van der Waals surface area contributed by atoms with Gasteiger partial charge < -0.3 is 10.2 Å². The molecule has 1 fully saturated rings. The van der Waals surface area contributed by atoms with Crippen molar-refractivity contribution in [3.8, 4) is 0 Å². The van der Waals surface area contributed by atoms with Gasteiger partial charge in [-0.3, -0.25) is 14.4 Å². The number of nitrogens with one attached hydrogen (secondary N) is 1. The molecular weight excluding hydrogens is 466 g/mol. The highest BCUT2D eigenvalue weighted by molar-refractivity contribution is 6.35. The second-order valence-electron chi connectivity index (χ2n) is 9.53. The molecular formula is C29H25N5O3. The summed E-state index contributed by atoms with van der Waals surface area (Å²) < 4.78 is 0. The van der Waals surface area contributed by atoms with Gasteiger partial charge in [-0.1, -0.05) is 24.3 Å². The van der Waals surface area contributed by atoms with Gasteiger partial charge in [0, 0.05) is 18.7 Å². The van der Waals surface area contributed by atoms with Gasteiger partial charge in [-0.05, 0) is 74.2 Å². The molecule has 1 N–H and O–H groups in total. The largest absolute Gasteiger partial charge is 0.354 e. The standard InChI is InChI=1S/C29H25N5O3/c1-17-9-10-18(2)24(15-17)34-28(36)20-12-11-19(16-21(20)29(34)37)27(35)32-25-26(33-13-5-6-14-33)31-23-8-4-3-7-22(23)30-25/h3-4,7-12,15-16H,5-6,13-14H2,1-2H3,(H,30,32,35). The number of rotatable bonds is 4. The summed E-state index contributed by atoms with van der Waals surface area (Å²) in [6, 6.07) is 17.8. The van der Waals surface area contributed by atoms with Crippen molar-refractivity contribution in [2.75, 3.05) is 28.2 Å². The number of para-hydroxylation sites is 2. The number of fused-ring (bicyclic) bond motifs is 2. The van der Waals surface area contributed by atoms with Crippen molar-refractivity contribution in [1.82, 2.24) is 9.97 Å². The van der Waals surface area contributed by atoms with Gasteiger partial charge in [-0.15, -0.1) is 0 Å². The van der Waals surface area contributed by atoms with E-state index in [0.29, 0.717) is 22.8 Å². The van der Waals surface area contributed by atoms with E-state index in [2.05, 4.69) is 15.2 Å². The Kier molecular flexibility index (Phi) is 5.44. The molecule has 37 heavy (non-hydrogen) atoms. The van der Waals surface area contributed by atoms with E-state index in [4.69, 9.17) is 4.98 Å². The molecule has 2 aliphatic heterocycles. The predicted octanol–water partition coefficient (Wildman–Crippen LogP) is 4.90. The number of imide groups is 1. The van der Waals surface area contributed by atoms with Gasteiger partial charge in [0.15, 0.2) is 11.6 Å². The number of carbonyl (C=O) groups excluding carboxylic acids is 3. The van der Waals surface area contributed by atoms with Crippen molar-refractivity contribution >= 4 is 46.1 Å². The molecule has 0 radical (unpaired) electrons. The van der Waals surface area contributed by atoms with Crippen LogP contribution < -0.4 is 15.1 Å². The topological polar surface area (TPSA) is 95.5 Å². The molecule has 2 aliphatic rings. The van der Waals surface area contributed by atoms with Crippen LogP contribution in [0.15, 0.2) is 60.7 Å². The fourth-order valence-corrected chi connectivity index (χ4v) is 4.96. The van der Waals surface area contributed by atoms with Gasteiger partial charge in [0.1, 0.15) is 0 Å². The lowest BCUT2D eigenvalue weighted by Gasteiger charge is -2.20. The number of benzene rings is 3. The summed E-state index contributed by atoms with van der Waals surface area (Å²) in [5.41, 5.74) is 4.53. The van der Waals surface area contributed by atoms with Crippen molar-refractivity contribution < 1.29 is 14.4 Å². The van der Waals surface area contributed by atoms with Crippen LogP contribution in [-0.4, -0.2) is 40.8 Å². The van der Waals surface area contributed by atoms with Gasteiger partial charge in [-0.2, -0.15) is 0 Å². The molecule has 184 valence electrons. The van der Waals surface area contributed by atoms with Crippen LogP contribution in [0.25, 0.3) is 11.0 Å². The number of anilines is 3. The quantitative estimate of drug-likeness (QED) is 0.408. The molecule has 0 spiro atoms. The summed E-state index contributed by atoms with van der Waals surface area (Å²) in [7, 11) is 0. The van der Waals surface area contributed by atoms with E-state index >= 15 is 0 Å². The summed E-state index contributed by atoms with van der Waals surface area (Å²) in [5, 5.41) is 2.91. The zero-order chi connectivity index (χ0) is 25.7. The van der Waals surface area contributed by atoms with E-state index in [1.54, 1.807) is 12.1 Å². The molecule has 1 aromatic heterocycles. The minimum atomic E-state index is -0.438. The van der Waals surface area contributed by atoms with Crippen LogP contribution in [0.4, 0.5) is 17.3 Å². The Morgan fingerprint density at radius 3 is 2.30 bits per heavy atom. The zero-order valence-corrected chi connectivity index (χ0v) is 20.6. The van der Waals surface area contributed by atoms with Crippen LogP contribution >= 0.6 is 0 Å². The van der Waals surface area contributed by atoms with Crippen molar-refractivity contribution in [2.45, 2.75) is 26.7 Å². The van der Waals surface area contributed by atoms with E-state index < -0.39 is 17.7 Å². The van der Waals surface area contributed by atoms with E-state index in [1.807, 2.05) is 56.3 Å². The summed E-state index contributed by atoms with van der Waals surface area (Å²) >= 11 is 0. The number of hydrogen-bond donors (Lipinski definition) is 1. The Morgan fingerprint density at radius 2 is 1.54 bits per heavy atom. The van der Waals surface area contributed by atoms with Gasteiger partial charge in [-0.25, -0.2) is 14.9 Å². The number of carbonyl (C=O) groups is 3. The first-order valence-corrected chi connectivity index (χ1v) is 12.3. The van der Waals surface area contributed by atoms with Crippen molar-refractivity contribution in [3.05, 3.63) is 88.5 Å². The number of hydrogen-bond acceptors (Lipinski definition) is 6. The lowest BCUT2D eigenvalue weighted by molar-refractivity contribution is 0.0925. The second kappa shape index (κ2) is 8.81. The smallest absolute Gasteiger partial charge is 0.266 e. The molecule has 6 rings (SSSR count). The molecule has 0 unspecified atom stereocenters. The molecule has 0 aliphatic carbocycles. The molecule has 0 atom stereocenters. The number of amides is 3. The number of aryl methyl sites for hydroxylation is 2. The first kappa shape index (κ1) is 22.8. The third-order valence-electron chi connectivity index (χ3n) is 6.94. The van der Waals surface area contributed by atoms with E-state index in [0.717, 1.165) is 42.6 Å². The molecule has 0 saturated carbocycles. The average molecular weight is 492 g/mol. The Bertz CT molecular complexity index is 1610. The van der Waals surface area contributed by atoms with E-state index in [-0.39, 0.29) is 16.7 Å². The fraction of sp³-hybridized carbons (Fsp3) is 0.207. The molecule has 4 aromatic rings. The van der Waals surface area contributed by atoms with Gasteiger partial charge in [0.05, 0.1) is 27.8 Å². The zero-order valence-electron chi connectivity index (χ0n) is 20.6. The Balaban J connectivity index is 1.33. The van der Waals surface area contributed by atoms with Crippen LogP contribution in [0.5, 0.6) is 0 Å². The van der Waals surface area contributed by atoms with Crippen LogP contribution in [-0.2, 0) is 0 Å². The Morgan fingerprint density at radius 1 is 0.838 bits per heavy atom. The van der Waals surface area contributed by atoms with Crippen molar-refractivity contribution in [2.24, 2.45) is 0 Å². The predicted molar refractivity (Wildman–Crippen MR) is 142 cm³/mol. The third-order valence-corrected chi connectivity index (χ3v) is 6.94. The molecule has 3 aromatic carbocycles. The normalized spacial score (nSPS) is 15.0. The molecule has 0 bridgehead atoms. The molecule has 3 amide bonds. The van der Waals surface area contributed by atoms with Crippen LogP contribution in [0, 0.1) is 13.8 Å². The van der Waals surface area contributed by atoms with Crippen molar-refractivity contribution in [3.63, 3.8) is 0 Å². The highest BCUT2D eigenvalue weighted by atomic mass is 16.2. The highest BCUT2D eigenvalue weighted by Crippen LogP contribution is 2.33. The van der Waals surface area contributed by atoms with E-state index in [1.165, 1.54) is 11.0 Å². The molecule has 1 saturated heterocycles. The fourth-order valence-electron chi connectivity index (χ4n) is 4.96. The van der Waals surface area contributed by atoms with Gasteiger partial charge in [0.25, 0.3) is 17.7 Å². The SMILES string of the molecule is Cc1ccc(C)c(N2C(=O)c3ccc(C(=O)Nc4nc5ccccc5nc4N4CCCC4)cc3C2=O)c1. The van der Waals surface area contributed by atoms with Gasteiger partial charge >= 0.3 is 0 Å². The van der Waals surface area contributed by atoms with Crippen molar-refractivity contribution in [1.29, 1.82) is 0 Å². The first-order chi connectivity index (χ1) is 17.9. The first-order valence-electron chi connectivity index (χ1n) is 12.3. The van der Waals surface area contributed by atoms with Gasteiger partial charge in [0.2, 0.25) is 0 Å². The molecule has 3 heterocycles. The minimum Gasteiger partial charge on any atom is -0.354 e. The van der Waals surface area contributed by atoms with Crippen LogP contribution in [0.3, 0.4) is 0 Å². The average Bonchev–Trinajstić information content (AvgIpc) is 3.52. The van der Waals surface area contributed by atoms with E-state index in [9.17, 15) is 14.4 Å². The number of nitrogens with zero attached hydrogens (tertiary/aromatic N) is 4. The maximum Gasteiger partial charge on any atom is 0.266 e. The second-order valence-corrected chi connectivity index (χ2v) is 9.53. The summed E-state index contributed by atoms with van der Waals surface area (Å²) in [4.78, 5) is 52.6. The lowest BCUT2D eigenvalue weighted by atomic mass is 10.1. The number of aromatic nitrogens is 2. The Labute approximate surface area is 213 Å². The lowest BCUT2D eigenvalue weighted by Crippen LogP contribution is -2.30.